The highest BCUT2D eigenvalue weighted by molar-refractivity contribution is 5.29. The van der Waals surface area contributed by atoms with Gasteiger partial charge in [0, 0.05) is 18.6 Å². The molecule has 0 aliphatic heterocycles. The van der Waals surface area contributed by atoms with Gasteiger partial charge in [0.05, 0.1) is 6.61 Å². The van der Waals surface area contributed by atoms with Crippen LogP contribution in [0, 0.1) is 0 Å². The van der Waals surface area contributed by atoms with Gasteiger partial charge in [-0.15, -0.1) is 0 Å². The number of nitrogens with zero attached hydrogens (tertiary/aromatic N) is 1. The molecule has 3 heteroatoms. The molecule has 0 fully saturated rings. The minimum Gasteiger partial charge on any atom is -0.494 e. The first kappa shape index (κ1) is 18.0. The maximum absolute atomic E-state index is 5.52. The molecule has 0 saturated carbocycles. The van der Waals surface area contributed by atoms with Gasteiger partial charge in [0.25, 0.3) is 0 Å². The molecule has 21 heavy (non-hydrogen) atoms. The van der Waals surface area contributed by atoms with Gasteiger partial charge in [-0.1, -0.05) is 32.4 Å². The van der Waals surface area contributed by atoms with Gasteiger partial charge in [0.1, 0.15) is 5.75 Å². The fourth-order valence-electron chi connectivity index (χ4n) is 2.60. The summed E-state index contributed by atoms with van der Waals surface area (Å²) in [6, 6.07) is 9.48. The summed E-state index contributed by atoms with van der Waals surface area (Å²) in [5.74, 6) is 0.948. The highest BCUT2D eigenvalue weighted by Crippen LogP contribution is 2.20. The Hall–Kier alpha value is -1.06. The first-order valence-corrected chi connectivity index (χ1v) is 8.28. The predicted octanol–water partition coefficient (Wildman–Crippen LogP) is 3.86. The van der Waals surface area contributed by atoms with Crippen molar-refractivity contribution in [3.63, 3.8) is 0 Å². The summed E-state index contributed by atoms with van der Waals surface area (Å²) >= 11 is 0. The molecule has 2 atom stereocenters. The summed E-state index contributed by atoms with van der Waals surface area (Å²) in [7, 11) is 2.22. The number of ether oxygens (including phenoxy) is 1. The summed E-state index contributed by atoms with van der Waals surface area (Å²) in [6.07, 6.45) is 2.49. The third-order valence-corrected chi connectivity index (χ3v) is 3.97. The first-order valence-electron chi connectivity index (χ1n) is 8.28. The number of benzene rings is 1. The summed E-state index contributed by atoms with van der Waals surface area (Å²) in [5.41, 5.74) is 1.33. The lowest BCUT2D eigenvalue weighted by atomic mass is 10.0. The number of nitrogens with one attached hydrogen (secondary N) is 1. The zero-order valence-electron chi connectivity index (χ0n) is 14.4. The van der Waals surface area contributed by atoms with Crippen molar-refractivity contribution in [1.29, 1.82) is 0 Å². The van der Waals surface area contributed by atoms with Crippen LogP contribution < -0.4 is 10.1 Å². The van der Waals surface area contributed by atoms with Crippen LogP contribution in [-0.4, -0.2) is 37.7 Å². The molecule has 0 spiro atoms. The Bertz CT molecular complexity index is 377. The fraction of sp³-hybridized carbons (Fsp3) is 0.667. The van der Waals surface area contributed by atoms with Crippen LogP contribution in [-0.2, 0) is 0 Å². The zero-order chi connectivity index (χ0) is 15.7. The van der Waals surface area contributed by atoms with Crippen LogP contribution in [0.4, 0.5) is 0 Å². The number of rotatable bonds is 10. The number of likely N-dealkylation sites (N-methyl/N-ethyl adjacent to an activating group) is 2. The Labute approximate surface area is 130 Å². The largest absolute Gasteiger partial charge is 0.494 e. The summed E-state index contributed by atoms with van der Waals surface area (Å²) in [6.45, 7) is 11.5. The SMILES string of the molecule is CCCC(C)N(C)CC(NCC)c1ccc(OCC)cc1. The third-order valence-electron chi connectivity index (χ3n) is 3.97. The maximum Gasteiger partial charge on any atom is 0.119 e. The van der Waals surface area contributed by atoms with Gasteiger partial charge in [-0.3, -0.25) is 0 Å². The molecule has 0 heterocycles. The lowest BCUT2D eigenvalue weighted by Crippen LogP contribution is -2.37. The van der Waals surface area contributed by atoms with E-state index in [-0.39, 0.29) is 0 Å². The van der Waals surface area contributed by atoms with Gasteiger partial charge in [-0.25, -0.2) is 0 Å². The van der Waals surface area contributed by atoms with Crippen LogP contribution in [0.2, 0.25) is 0 Å². The summed E-state index contributed by atoms with van der Waals surface area (Å²) in [5, 5.41) is 3.60. The molecular weight excluding hydrogens is 260 g/mol. The van der Waals surface area contributed by atoms with Crippen molar-refractivity contribution in [2.75, 3.05) is 26.7 Å². The van der Waals surface area contributed by atoms with Crippen molar-refractivity contribution < 1.29 is 4.74 Å². The highest BCUT2D eigenvalue weighted by atomic mass is 16.5. The number of hydrogen-bond donors (Lipinski definition) is 1. The van der Waals surface area contributed by atoms with Crippen LogP contribution in [0.3, 0.4) is 0 Å². The van der Waals surface area contributed by atoms with E-state index in [4.69, 9.17) is 4.74 Å². The van der Waals surface area contributed by atoms with Crippen LogP contribution in [0.5, 0.6) is 5.75 Å². The van der Waals surface area contributed by atoms with E-state index >= 15 is 0 Å². The van der Waals surface area contributed by atoms with Crippen LogP contribution in [0.15, 0.2) is 24.3 Å². The molecule has 0 bridgehead atoms. The Balaban J connectivity index is 2.71. The average Bonchev–Trinajstić information content (AvgIpc) is 2.48. The lowest BCUT2D eigenvalue weighted by molar-refractivity contribution is 0.219. The molecule has 0 aromatic heterocycles. The van der Waals surface area contributed by atoms with Gasteiger partial charge in [0.15, 0.2) is 0 Å². The van der Waals surface area contributed by atoms with E-state index in [1.807, 2.05) is 6.92 Å². The summed E-state index contributed by atoms with van der Waals surface area (Å²) in [4.78, 5) is 2.45. The minimum absolute atomic E-state index is 0.370. The van der Waals surface area contributed by atoms with E-state index in [0.717, 1.165) is 18.8 Å². The standard InChI is InChI=1S/C18H32N2O/c1-6-9-15(4)20(5)14-18(19-7-2)16-10-12-17(13-11-16)21-8-3/h10-13,15,18-19H,6-9,14H2,1-5H3. The normalized spacial score (nSPS) is 14.2. The number of hydrogen-bond acceptors (Lipinski definition) is 3. The molecular formula is C18H32N2O. The average molecular weight is 292 g/mol. The van der Waals surface area contributed by atoms with Crippen LogP contribution in [0.1, 0.15) is 52.1 Å². The molecule has 0 amide bonds. The predicted molar refractivity (Wildman–Crippen MR) is 91.0 cm³/mol. The van der Waals surface area contributed by atoms with Crippen molar-refractivity contribution in [2.24, 2.45) is 0 Å². The van der Waals surface area contributed by atoms with Gasteiger partial charge in [-0.05, 0) is 51.6 Å². The Morgan fingerprint density at radius 2 is 1.81 bits per heavy atom. The van der Waals surface area contributed by atoms with Crippen molar-refractivity contribution in [2.45, 2.75) is 52.6 Å². The second-order valence-electron chi connectivity index (χ2n) is 5.69. The second kappa shape index (κ2) is 9.80. The fourth-order valence-corrected chi connectivity index (χ4v) is 2.60. The van der Waals surface area contributed by atoms with Gasteiger partial charge >= 0.3 is 0 Å². The van der Waals surface area contributed by atoms with Gasteiger partial charge in [-0.2, -0.15) is 0 Å². The topological polar surface area (TPSA) is 24.5 Å². The van der Waals surface area contributed by atoms with E-state index in [1.165, 1.54) is 18.4 Å². The molecule has 0 aliphatic carbocycles. The summed E-state index contributed by atoms with van der Waals surface area (Å²) < 4.78 is 5.52. The van der Waals surface area contributed by atoms with Crippen LogP contribution in [0.25, 0.3) is 0 Å². The molecule has 120 valence electrons. The first-order chi connectivity index (χ1) is 10.1. The molecule has 0 saturated heterocycles. The molecule has 1 aromatic rings. The van der Waals surface area contributed by atoms with Crippen molar-refractivity contribution in [1.82, 2.24) is 10.2 Å². The molecule has 1 rings (SSSR count). The van der Waals surface area contributed by atoms with Crippen molar-refractivity contribution in [3.8, 4) is 5.75 Å². The maximum atomic E-state index is 5.52. The quantitative estimate of drug-likeness (QED) is 0.709. The lowest BCUT2D eigenvalue weighted by Gasteiger charge is -2.29. The molecule has 0 radical (unpaired) electrons. The van der Waals surface area contributed by atoms with Crippen molar-refractivity contribution in [3.05, 3.63) is 29.8 Å². The second-order valence-corrected chi connectivity index (χ2v) is 5.69. The van der Waals surface area contributed by atoms with Crippen LogP contribution >= 0.6 is 0 Å². The van der Waals surface area contributed by atoms with E-state index < -0.39 is 0 Å². The third kappa shape index (κ3) is 6.06. The highest BCUT2D eigenvalue weighted by Gasteiger charge is 2.16. The molecule has 1 N–H and O–H groups in total. The van der Waals surface area contributed by atoms with E-state index in [9.17, 15) is 0 Å². The van der Waals surface area contributed by atoms with Gasteiger partial charge < -0.3 is 15.0 Å². The Kier molecular flexibility index (Phi) is 8.40. The smallest absolute Gasteiger partial charge is 0.119 e. The Morgan fingerprint density at radius 3 is 2.33 bits per heavy atom. The van der Waals surface area contributed by atoms with E-state index in [0.29, 0.717) is 18.7 Å². The Morgan fingerprint density at radius 1 is 1.14 bits per heavy atom. The van der Waals surface area contributed by atoms with Gasteiger partial charge in [0.2, 0.25) is 0 Å². The van der Waals surface area contributed by atoms with Crippen molar-refractivity contribution >= 4 is 0 Å². The molecule has 1 aromatic carbocycles. The zero-order valence-corrected chi connectivity index (χ0v) is 14.4. The van der Waals surface area contributed by atoms with E-state index in [2.05, 4.69) is 62.3 Å². The molecule has 3 nitrogen and oxygen atoms in total. The van der Waals surface area contributed by atoms with E-state index in [1.54, 1.807) is 0 Å². The molecule has 0 aliphatic rings. The monoisotopic (exact) mass is 292 g/mol. The minimum atomic E-state index is 0.370. The molecule has 2 unspecified atom stereocenters.